The average molecular weight is 408 g/mol. The van der Waals surface area contributed by atoms with E-state index in [1.54, 1.807) is 7.11 Å². The van der Waals surface area contributed by atoms with Crippen molar-refractivity contribution in [1.82, 2.24) is 15.1 Å². The molecule has 0 aliphatic rings. The summed E-state index contributed by atoms with van der Waals surface area (Å²) >= 11 is 0. The monoisotopic (exact) mass is 407 g/mol. The zero-order valence-electron chi connectivity index (χ0n) is 18.1. The summed E-state index contributed by atoms with van der Waals surface area (Å²) in [4.78, 5) is 12.3. The van der Waals surface area contributed by atoms with Crippen LogP contribution in [-0.2, 0) is 11.2 Å². The molecule has 1 aromatic heterocycles. The minimum absolute atomic E-state index is 0.00997. The second kappa shape index (κ2) is 9.96. The number of aromatic nitrogens is 2. The minimum atomic E-state index is 0.00997. The van der Waals surface area contributed by atoms with Crippen molar-refractivity contribution in [3.8, 4) is 17.2 Å². The SMILES string of the molecule is COc1cccc(-n2nc(C)c(CCC(=O)NCCOc3cccc(C)c3)c2C)c1. The highest BCUT2D eigenvalue weighted by Crippen LogP contribution is 2.22. The molecular weight excluding hydrogens is 378 g/mol. The van der Waals surface area contributed by atoms with Crippen molar-refractivity contribution in [2.45, 2.75) is 33.6 Å². The molecule has 0 unspecified atom stereocenters. The molecule has 6 heteroatoms. The van der Waals surface area contributed by atoms with Crippen molar-refractivity contribution in [3.63, 3.8) is 0 Å². The molecule has 3 rings (SSSR count). The molecule has 0 saturated carbocycles. The molecular formula is C24H29N3O3. The maximum Gasteiger partial charge on any atom is 0.220 e. The number of nitrogens with one attached hydrogen (secondary N) is 1. The van der Waals surface area contributed by atoms with Crippen molar-refractivity contribution in [1.29, 1.82) is 0 Å². The van der Waals surface area contributed by atoms with Gasteiger partial charge in [0, 0.05) is 18.2 Å². The third-order valence-electron chi connectivity index (χ3n) is 5.02. The van der Waals surface area contributed by atoms with Gasteiger partial charge in [-0.25, -0.2) is 4.68 Å². The van der Waals surface area contributed by atoms with Gasteiger partial charge in [-0.05, 0) is 62.6 Å². The van der Waals surface area contributed by atoms with Crippen molar-refractivity contribution in [2.75, 3.05) is 20.3 Å². The molecule has 0 fully saturated rings. The molecule has 1 N–H and O–H groups in total. The van der Waals surface area contributed by atoms with E-state index in [0.29, 0.717) is 26.0 Å². The van der Waals surface area contributed by atoms with Gasteiger partial charge in [0.1, 0.15) is 18.1 Å². The first-order valence-corrected chi connectivity index (χ1v) is 10.1. The zero-order valence-corrected chi connectivity index (χ0v) is 18.1. The number of hydrogen-bond acceptors (Lipinski definition) is 4. The Morgan fingerprint density at radius 2 is 1.83 bits per heavy atom. The van der Waals surface area contributed by atoms with Gasteiger partial charge in [0.2, 0.25) is 5.91 Å². The van der Waals surface area contributed by atoms with E-state index in [4.69, 9.17) is 9.47 Å². The number of carbonyl (C=O) groups excluding carboxylic acids is 1. The quantitative estimate of drug-likeness (QED) is 0.546. The lowest BCUT2D eigenvalue weighted by atomic mass is 10.1. The van der Waals surface area contributed by atoms with Crippen LogP contribution in [0.1, 0.15) is 28.9 Å². The third-order valence-corrected chi connectivity index (χ3v) is 5.02. The second-order valence-corrected chi connectivity index (χ2v) is 7.28. The lowest BCUT2D eigenvalue weighted by molar-refractivity contribution is -0.121. The van der Waals surface area contributed by atoms with Crippen molar-refractivity contribution < 1.29 is 14.3 Å². The van der Waals surface area contributed by atoms with Crippen molar-refractivity contribution >= 4 is 5.91 Å². The third kappa shape index (κ3) is 5.41. The summed E-state index contributed by atoms with van der Waals surface area (Å²) in [7, 11) is 1.65. The van der Waals surface area contributed by atoms with Crippen LogP contribution < -0.4 is 14.8 Å². The summed E-state index contributed by atoms with van der Waals surface area (Å²) in [6.07, 6.45) is 1.06. The Bertz CT molecular complexity index is 1010. The molecule has 6 nitrogen and oxygen atoms in total. The van der Waals surface area contributed by atoms with E-state index in [0.717, 1.165) is 39.7 Å². The first kappa shape index (κ1) is 21.4. The highest BCUT2D eigenvalue weighted by molar-refractivity contribution is 5.76. The van der Waals surface area contributed by atoms with E-state index in [-0.39, 0.29) is 5.91 Å². The van der Waals surface area contributed by atoms with Gasteiger partial charge in [0.05, 0.1) is 25.0 Å². The lowest BCUT2D eigenvalue weighted by Gasteiger charge is -2.09. The number of aryl methyl sites for hydroxylation is 2. The highest BCUT2D eigenvalue weighted by atomic mass is 16.5. The van der Waals surface area contributed by atoms with E-state index in [9.17, 15) is 4.79 Å². The topological polar surface area (TPSA) is 65.4 Å². The highest BCUT2D eigenvalue weighted by Gasteiger charge is 2.14. The number of hydrogen-bond donors (Lipinski definition) is 1. The smallest absolute Gasteiger partial charge is 0.220 e. The number of rotatable bonds is 9. The molecule has 3 aromatic rings. The van der Waals surface area contributed by atoms with E-state index >= 15 is 0 Å². The Balaban J connectivity index is 1.51. The summed E-state index contributed by atoms with van der Waals surface area (Å²) in [6, 6.07) is 15.7. The van der Waals surface area contributed by atoms with Crippen LogP contribution >= 0.6 is 0 Å². The van der Waals surface area contributed by atoms with Crippen LogP contribution in [-0.4, -0.2) is 35.9 Å². The first-order valence-electron chi connectivity index (χ1n) is 10.1. The Labute approximate surface area is 177 Å². The number of nitrogens with zero attached hydrogens (tertiary/aromatic N) is 2. The van der Waals surface area contributed by atoms with Crippen LogP contribution in [0.2, 0.25) is 0 Å². The Hall–Kier alpha value is -3.28. The van der Waals surface area contributed by atoms with E-state index in [1.807, 2.05) is 74.0 Å². The molecule has 0 aliphatic heterocycles. The average Bonchev–Trinajstić information content (AvgIpc) is 3.03. The van der Waals surface area contributed by atoms with E-state index in [2.05, 4.69) is 10.4 Å². The van der Waals surface area contributed by atoms with E-state index in [1.165, 1.54) is 0 Å². The Morgan fingerprint density at radius 1 is 1.07 bits per heavy atom. The van der Waals surface area contributed by atoms with Crippen LogP contribution in [0, 0.1) is 20.8 Å². The lowest BCUT2D eigenvalue weighted by Crippen LogP contribution is -2.28. The van der Waals surface area contributed by atoms with Crippen molar-refractivity contribution in [2.24, 2.45) is 0 Å². The molecule has 1 heterocycles. The molecule has 0 radical (unpaired) electrons. The fourth-order valence-electron chi connectivity index (χ4n) is 3.42. The molecule has 0 aliphatic carbocycles. The van der Waals surface area contributed by atoms with Gasteiger partial charge in [-0.3, -0.25) is 4.79 Å². The summed E-state index contributed by atoms with van der Waals surface area (Å²) in [5, 5.41) is 7.58. The van der Waals surface area contributed by atoms with Gasteiger partial charge >= 0.3 is 0 Å². The molecule has 0 spiro atoms. The number of methoxy groups -OCH3 is 1. The molecule has 1 amide bonds. The summed E-state index contributed by atoms with van der Waals surface area (Å²) in [5.41, 5.74) is 5.17. The predicted molar refractivity (Wildman–Crippen MR) is 118 cm³/mol. The maximum atomic E-state index is 12.3. The van der Waals surface area contributed by atoms with Crippen LogP contribution in [0.25, 0.3) is 5.69 Å². The zero-order chi connectivity index (χ0) is 21.5. The number of ether oxygens (including phenoxy) is 2. The fourth-order valence-corrected chi connectivity index (χ4v) is 3.42. The molecule has 30 heavy (non-hydrogen) atoms. The van der Waals surface area contributed by atoms with Gasteiger partial charge in [-0.15, -0.1) is 0 Å². The second-order valence-electron chi connectivity index (χ2n) is 7.28. The summed E-state index contributed by atoms with van der Waals surface area (Å²) in [5.74, 6) is 1.62. The van der Waals surface area contributed by atoms with Gasteiger partial charge in [-0.1, -0.05) is 18.2 Å². The van der Waals surface area contributed by atoms with E-state index < -0.39 is 0 Å². The summed E-state index contributed by atoms with van der Waals surface area (Å²) < 4.78 is 12.9. The summed E-state index contributed by atoms with van der Waals surface area (Å²) in [6.45, 7) is 6.96. The number of carbonyl (C=O) groups is 1. The minimum Gasteiger partial charge on any atom is -0.497 e. The number of amides is 1. The number of benzene rings is 2. The first-order chi connectivity index (χ1) is 14.5. The molecule has 0 bridgehead atoms. The van der Waals surface area contributed by atoms with Gasteiger partial charge in [0.15, 0.2) is 0 Å². The van der Waals surface area contributed by atoms with Crippen LogP contribution in [0.15, 0.2) is 48.5 Å². The largest absolute Gasteiger partial charge is 0.497 e. The van der Waals surface area contributed by atoms with Crippen LogP contribution in [0.3, 0.4) is 0 Å². The Kier molecular flexibility index (Phi) is 7.12. The fraction of sp³-hybridized carbons (Fsp3) is 0.333. The van der Waals surface area contributed by atoms with Gasteiger partial charge in [-0.2, -0.15) is 5.10 Å². The molecule has 158 valence electrons. The predicted octanol–water partition coefficient (Wildman–Crippen LogP) is 3.93. The Morgan fingerprint density at radius 3 is 2.60 bits per heavy atom. The molecule has 2 aromatic carbocycles. The maximum absolute atomic E-state index is 12.3. The van der Waals surface area contributed by atoms with Crippen LogP contribution in [0.5, 0.6) is 11.5 Å². The molecule has 0 saturated heterocycles. The van der Waals surface area contributed by atoms with Crippen molar-refractivity contribution in [3.05, 3.63) is 71.0 Å². The normalized spacial score (nSPS) is 10.7. The molecule has 0 atom stereocenters. The van der Waals surface area contributed by atoms with Gasteiger partial charge in [0.25, 0.3) is 0 Å². The van der Waals surface area contributed by atoms with Crippen LogP contribution in [0.4, 0.5) is 0 Å². The standard InChI is InChI=1S/C24H29N3O3/c1-17-7-5-10-22(15-17)30-14-13-25-24(28)12-11-23-18(2)26-27(19(23)3)20-8-6-9-21(16-20)29-4/h5-10,15-16H,11-14H2,1-4H3,(H,25,28). The van der Waals surface area contributed by atoms with Gasteiger partial charge < -0.3 is 14.8 Å².